The monoisotopic (exact) mass is 309 g/mol. The van der Waals surface area contributed by atoms with E-state index in [1.54, 1.807) is 18.2 Å². The molecule has 0 saturated carbocycles. The number of aliphatic hydroxyl groups excluding tert-OH is 1. The number of aliphatic hydroxyl groups is 1. The molecule has 0 atom stereocenters. The minimum Gasteiger partial charge on any atom is -0.394 e. The molecule has 1 heterocycles. The highest BCUT2D eigenvalue weighted by Crippen LogP contribution is 2.23. The number of rotatable bonds is 6. The Balaban J connectivity index is 2.27. The fourth-order valence-corrected chi connectivity index (χ4v) is 1.98. The lowest BCUT2D eigenvalue weighted by atomic mass is 10.1. The second-order valence-electron chi connectivity index (χ2n) is 4.35. The van der Waals surface area contributed by atoms with E-state index in [1.807, 2.05) is 12.1 Å². The number of amides is 1. The van der Waals surface area contributed by atoms with Crippen LogP contribution < -0.4 is 5.32 Å². The van der Waals surface area contributed by atoms with Gasteiger partial charge in [-0.15, -0.1) is 0 Å². The van der Waals surface area contributed by atoms with E-state index in [-0.39, 0.29) is 25.7 Å². The highest BCUT2D eigenvalue weighted by atomic mass is 35.5. The fraction of sp³-hybridized carbons (Fsp3) is 0.286. The Morgan fingerprint density at radius 1 is 1.43 bits per heavy atom. The minimum atomic E-state index is -0.278. The number of nitrogens with one attached hydrogen (secondary N) is 1. The smallest absolute Gasteiger partial charge is 0.251 e. The largest absolute Gasteiger partial charge is 0.394 e. The van der Waals surface area contributed by atoms with Crippen molar-refractivity contribution in [3.63, 3.8) is 0 Å². The summed E-state index contributed by atoms with van der Waals surface area (Å²) in [7, 11) is 1.45. The van der Waals surface area contributed by atoms with Crippen molar-refractivity contribution in [3.8, 4) is 11.3 Å². The Morgan fingerprint density at radius 2 is 2.14 bits per heavy atom. The van der Waals surface area contributed by atoms with Gasteiger partial charge < -0.3 is 15.2 Å². The number of hydrogen-bond acceptors (Lipinski definition) is 4. The summed E-state index contributed by atoms with van der Waals surface area (Å²) in [5.74, 6) is 0.232. The van der Waals surface area contributed by atoms with Gasteiger partial charge in [0.1, 0.15) is 12.4 Å². The van der Waals surface area contributed by atoms with Crippen molar-refractivity contribution in [2.24, 2.45) is 0 Å². The van der Waals surface area contributed by atoms with E-state index in [0.29, 0.717) is 16.5 Å². The maximum atomic E-state index is 11.6. The molecule has 0 fully saturated rings. The van der Waals surface area contributed by atoms with Crippen LogP contribution >= 0.6 is 11.6 Å². The summed E-state index contributed by atoms with van der Waals surface area (Å²) in [5.41, 5.74) is 1.56. The topological polar surface area (TPSA) is 76.4 Å². The van der Waals surface area contributed by atoms with E-state index < -0.39 is 0 Å². The number of aromatic nitrogens is 2. The van der Waals surface area contributed by atoms with Gasteiger partial charge in [-0.05, 0) is 12.1 Å². The quantitative estimate of drug-likeness (QED) is 0.853. The molecule has 0 saturated heterocycles. The second kappa shape index (κ2) is 7.21. The van der Waals surface area contributed by atoms with Gasteiger partial charge in [-0.25, -0.2) is 4.68 Å². The van der Waals surface area contributed by atoms with E-state index in [0.717, 1.165) is 5.56 Å². The number of carbonyl (C=O) groups is 1. The van der Waals surface area contributed by atoms with E-state index in [2.05, 4.69) is 10.4 Å². The summed E-state index contributed by atoms with van der Waals surface area (Å²) in [6.45, 7) is 0.172. The van der Waals surface area contributed by atoms with E-state index in [9.17, 15) is 4.79 Å². The van der Waals surface area contributed by atoms with Crippen molar-refractivity contribution < 1.29 is 14.6 Å². The normalized spacial score (nSPS) is 10.6. The van der Waals surface area contributed by atoms with Crippen LogP contribution in [0.3, 0.4) is 0 Å². The Morgan fingerprint density at radius 3 is 2.76 bits per heavy atom. The number of carbonyl (C=O) groups excluding carboxylic acids is 1. The first kappa shape index (κ1) is 15.5. The van der Waals surface area contributed by atoms with Crippen molar-refractivity contribution in [3.05, 3.63) is 35.4 Å². The number of methoxy groups -OCH3 is 1. The lowest BCUT2D eigenvalue weighted by molar-refractivity contribution is -0.119. The van der Waals surface area contributed by atoms with Gasteiger partial charge in [0.2, 0.25) is 0 Å². The number of anilines is 1. The molecular formula is C14H16ClN3O3. The molecule has 0 spiro atoms. The van der Waals surface area contributed by atoms with Gasteiger partial charge in [0.15, 0.2) is 0 Å². The summed E-state index contributed by atoms with van der Waals surface area (Å²) < 4.78 is 6.31. The SMILES string of the molecule is COCC(=O)Nc1cc(-c2ccc(Cl)cc2)nn1CCO. The van der Waals surface area contributed by atoms with Gasteiger partial charge >= 0.3 is 0 Å². The van der Waals surface area contributed by atoms with E-state index in [4.69, 9.17) is 21.4 Å². The van der Waals surface area contributed by atoms with Gasteiger partial charge in [0.25, 0.3) is 5.91 Å². The molecular weight excluding hydrogens is 294 g/mol. The molecule has 1 aromatic heterocycles. The third-order valence-corrected chi connectivity index (χ3v) is 3.03. The van der Waals surface area contributed by atoms with Crippen LogP contribution in [0.4, 0.5) is 5.82 Å². The molecule has 112 valence electrons. The molecule has 0 unspecified atom stereocenters. The third kappa shape index (κ3) is 4.04. The van der Waals surface area contributed by atoms with Crippen LogP contribution in [-0.2, 0) is 16.1 Å². The number of nitrogens with zero attached hydrogens (tertiary/aromatic N) is 2. The third-order valence-electron chi connectivity index (χ3n) is 2.77. The van der Waals surface area contributed by atoms with Crippen LogP contribution in [0.2, 0.25) is 5.02 Å². The Bertz CT molecular complexity index is 610. The first-order valence-corrected chi connectivity index (χ1v) is 6.75. The number of halogens is 1. The van der Waals surface area contributed by atoms with Crippen molar-refractivity contribution >= 4 is 23.3 Å². The molecule has 7 heteroatoms. The standard InChI is InChI=1S/C14H16ClN3O3/c1-21-9-14(20)16-13-8-12(17-18(13)6-7-19)10-2-4-11(15)5-3-10/h2-5,8,19H,6-7,9H2,1H3,(H,16,20). The maximum absolute atomic E-state index is 11.6. The van der Waals surface area contributed by atoms with Gasteiger partial charge in [-0.1, -0.05) is 23.7 Å². The van der Waals surface area contributed by atoms with Crippen molar-refractivity contribution in [2.75, 3.05) is 25.6 Å². The lowest BCUT2D eigenvalue weighted by Crippen LogP contribution is -2.20. The van der Waals surface area contributed by atoms with E-state index in [1.165, 1.54) is 11.8 Å². The summed E-state index contributed by atoms with van der Waals surface area (Å²) in [4.78, 5) is 11.6. The summed E-state index contributed by atoms with van der Waals surface area (Å²) in [6, 6.07) is 8.96. The van der Waals surface area contributed by atoms with Crippen LogP contribution in [0.15, 0.2) is 30.3 Å². The number of hydrogen-bond donors (Lipinski definition) is 2. The molecule has 0 bridgehead atoms. The van der Waals surface area contributed by atoms with Crippen molar-refractivity contribution in [1.82, 2.24) is 9.78 Å². The first-order valence-electron chi connectivity index (χ1n) is 6.37. The highest BCUT2D eigenvalue weighted by Gasteiger charge is 2.12. The summed E-state index contributed by atoms with van der Waals surface area (Å²) >= 11 is 5.86. The number of ether oxygens (including phenoxy) is 1. The average Bonchev–Trinajstić information content (AvgIpc) is 2.83. The zero-order valence-corrected chi connectivity index (χ0v) is 12.3. The molecule has 1 amide bonds. The molecule has 0 aliphatic heterocycles. The van der Waals surface area contributed by atoms with Gasteiger partial charge in [0.05, 0.1) is 18.8 Å². The lowest BCUT2D eigenvalue weighted by Gasteiger charge is -2.06. The van der Waals surface area contributed by atoms with Crippen LogP contribution in [-0.4, -0.2) is 41.1 Å². The minimum absolute atomic E-state index is 0.0411. The zero-order valence-electron chi connectivity index (χ0n) is 11.5. The fourth-order valence-electron chi connectivity index (χ4n) is 1.85. The Kier molecular flexibility index (Phi) is 5.32. The van der Waals surface area contributed by atoms with Crippen molar-refractivity contribution in [1.29, 1.82) is 0 Å². The van der Waals surface area contributed by atoms with Crippen LogP contribution in [0.25, 0.3) is 11.3 Å². The van der Waals surface area contributed by atoms with Crippen LogP contribution in [0.1, 0.15) is 0 Å². The van der Waals surface area contributed by atoms with Gasteiger partial charge in [-0.3, -0.25) is 4.79 Å². The first-order chi connectivity index (χ1) is 10.1. The summed E-state index contributed by atoms with van der Waals surface area (Å²) in [6.07, 6.45) is 0. The molecule has 0 aliphatic rings. The Hall–Kier alpha value is -1.89. The van der Waals surface area contributed by atoms with Gasteiger partial charge in [-0.2, -0.15) is 5.10 Å². The molecule has 2 N–H and O–H groups in total. The van der Waals surface area contributed by atoms with E-state index >= 15 is 0 Å². The average molecular weight is 310 g/mol. The summed E-state index contributed by atoms with van der Waals surface area (Å²) in [5, 5.41) is 16.8. The van der Waals surface area contributed by atoms with Crippen LogP contribution in [0, 0.1) is 0 Å². The second-order valence-corrected chi connectivity index (χ2v) is 4.79. The Labute approximate surface area is 127 Å². The predicted octanol–water partition coefficient (Wildman–Crippen LogP) is 1.78. The zero-order chi connectivity index (χ0) is 15.2. The van der Waals surface area contributed by atoms with Gasteiger partial charge in [0, 0.05) is 23.8 Å². The molecule has 2 aromatic rings. The maximum Gasteiger partial charge on any atom is 0.251 e. The highest BCUT2D eigenvalue weighted by molar-refractivity contribution is 6.30. The molecule has 1 aromatic carbocycles. The van der Waals surface area contributed by atoms with Crippen LogP contribution in [0.5, 0.6) is 0 Å². The van der Waals surface area contributed by atoms with Crippen molar-refractivity contribution in [2.45, 2.75) is 6.54 Å². The number of benzene rings is 1. The predicted molar refractivity (Wildman–Crippen MR) is 80.3 cm³/mol. The molecule has 0 aliphatic carbocycles. The molecule has 6 nitrogen and oxygen atoms in total. The molecule has 0 radical (unpaired) electrons. The molecule has 21 heavy (non-hydrogen) atoms. The molecule has 2 rings (SSSR count).